The second-order valence-electron chi connectivity index (χ2n) is 5.54. The molecule has 0 heteroatoms. The van der Waals surface area contributed by atoms with Crippen LogP contribution in [0.25, 0.3) is 0 Å². The van der Waals surface area contributed by atoms with E-state index in [1.165, 1.54) is 25.7 Å². The lowest BCUT2D eigenvalue weighted by atomic mass is 9.84. The highest BCUT2D eigenvalue weighted by Crippen LogP contribution is 2.25. The predicted molar refractivity (Wildman–Crippen MR) is 66.5 cm³/mol. The summed E-state index contributed by atoms with van der Waals surface area (Å²) in [5, 5.41) is 0. The van der Waals surface area contributed by atoms with Crippen molar-refractivity contribution < 1.29 is 0 Å². The number of hydrogen-bond donors (Lipinski definition) is 0. The minimum atomic E-state index is 0.851. The van der Waals surface area contributed by atoms with Crippen LogP contribution in [0, 0.1) is 23.7 Å². The summed E-state index contributed by atoms with van der Waals surface area (Å²) in [6, 6.07) is 0. The monoisotopic (exact) mass is 198 g/mol. The molecule has 3 unspecified atom stereocenters. The molecule has 0 aliphatic rings. The van der Waals surface area contributed by atoms with Crippen LogP contribution in [0.15, 0.2) is 0 Å². The molecule has 0 rings (SSSR count). The van der Waals surface area contributed by atoms with Gasteiger partial charge in [-0.05, 0) is 23.7 Å². The molecule has 0 saturated heterocycles. The van der Waals surface area contributed by atoms with Gasteiger partial charge in [-0.15, -0.1) is 0 Å². The second-order valence-corrected chi connectivity index (χ2v) is 5.54. The molecule has 0 amide bonds. The summed E-state index contributed by atoms with van der Waals surface area (Å²) < 4.78 is 0. The number of rotatable bonds is 7. The van der Waals surface area contributed by atoms with Gasteiger partial charge in [0.1, 0.15) is 0 Å². The summed E-state index contributed by atoms with van der Waals surface area (Å²) in [6.07, 6.45) is 5.57. The Kier molecular flexibility index (Phi) is 7.31. The number of hydrogen-bond acceptors (Lipinski definition) is 0. The maximum atomic E-state index is 2.42. The lowest BCUT2D eigenvalue weighted by Gasteiger charge is -2.22. The Hall–Kier alpha value is 0. The van der Waals surface area contributed by atoms with Crippen molar-refractivity contribution in [2.75, 3.05) is 0 Å². The van der Waals surface area contributed by atoms with Crippen molar-refractivity contribution in [3.05, 3.63) is 0 Å². The average molecular weight is 198 g/mol. The molecule has 3 atom stereocenters. The van der Waals surface area contributed by atoms with Crippen molar-refractivity contribution in [1.82, 2.24) is 0 Å². The van der Waals surface area contributed by atoms with E-state index >= 15 is 0 Å². The van der Waals surface area contributed by atoms with E-state index < -0.39 is 0 Å². The first-order chi connectivity index (χ1) is 6.49. The molecule has 14 heavy (non-hydrogen) atoms. The van der Waals surface area contributed by atoms with Crippen molar-refractivity contribution in [3.63, 3.8) is 0 Å². The summed E-state index contributed by atoms with van der Waals surface area (Å²) >= 11 is 0. The molecule has 0 aromatic heterocycles. The van der Waals surface area contributed by atoms with Crippen LogP contribution >= 0.6 is 0 Å². The molecule has 0 N–H and O–H groups in total. The van der Waals surface area contributed by atoms with E-state index in [1.54, 1.807) is 0 Å². The summed E-state index contributed by atoms with van der Waals surface area (Å²) in [7, 11) is 0. The topological polar surface area (TPSA) is 0 Å². The van der Waals surface area contributed by atoms with Gasteiger partial charge in [0.05, 0.1) is 0 Å². The quantitative estimate of drug-likeness (QED) is 0.532. The fourth-order valence-corrected chi connectivity index (χ4v) is 1.88. The van der Waals surface area contributed by atoms with Gasteiger partial charge >= 0.3 is 0 Å². The first-order valence-corrected chi connectivity index (χ1v) is 6.49. The van der Waals surface area contributed by atoms with Gasteiger partial charge in [-0.1, -0.05) is 67.2 Å². The van der Waals surface area contributed by atoms with Crippen LogP contribution in [-0.4, -0.2) is 0 Å². The normalized spacial score (nSPS) is 18.2. The fraction of sp³-hybridized carbons (Fsp3) is 1.00. The Bertz CT molecular complexity index is 126. The van der Waals surface area contributed by atoms with E-state index in [9.17, 15) is 0 Å². The van der Waals surface area contributed by atoms with Gasteiger partial charge in [0.2, 0.25) is 0 Å². The van der Waals surface area contributed by atoms with Crippen molar-refractivity contribution in [1.29, 1.82) is 0 Å². The first kappa shape index (κ1) is 14.0. The molecule has 0 saturated carbocycles. The van der Waals surface area contributed by atoms with Crippen LogP contribution < -0.4 is 0 Å². The van der Waals surface area contributed by atoms with Gasteiger partial charge in [-0.25, -0.2) is 0 Å². The highest BCUT2D eigenvalue weighted by Gasteiger charge is 2.14. The largest absolute Gasteiger partial charge is 0.0654 e. The maximum Gasteiger partial charge on any atom is -0.0417 e. The second kappa shape index (κ2) is 7.31. The fourth-order valence-electron chi connectivity index (χ4n) is 1.88. The third-order valence-corrected chi connectivity index (χ3v) is 3.93. The molecule has 0 aliphatic carbocycles. The highest BCUT2D eigenvalue weighted by molar-refractivity contribution is 4.65. The molecule has 86 valence electrons. The van der Waals surface area contributed by atoms with Crippen LogP contribution in [0.2, 0.25) is 0 Å². The third-order valence-electron chi connectivity index (χ3n) is 3.93. The van der Waals surface area contributed by atoms with Gasteiger partial charge in [-0.3, -0.25) is 0 Å². The van der Waals surface area contributed by atoms with Crippen LogP contribution in [-0.2, 0) is 0 Å². The van der Waals surface area contributed by atoms with Crippen LogP contribution in [0.5, 0.6) is 0 Å². The molecule has 0 radical (unpaired) electrons. The molecule has 0 spiro atoms. The predicted octanol–water partition coefficient (Wildman–Crippen LogP) is 5.13. The standard InChI is InChI=1S/C14H30/c1-7-8-13(5)14(6)10-9-12(4)11(2)3/h11-14H,7-10H2,1-6H3. The Morgan fingerprint density at radius 3 is 1.50 bits per heavy atom. The summed E-state index contributed by atoms with van der Waals surface area (Å²) in [5.74, 6) is 3.57. The molecule has 0 heterocycles. The molecule has 0 aromatic rings. The minimum absolute atomic E-state index is 0.851. The first-order valence-electron chi connectivity index (χ1n) is 6.49. The van der Waals surface area contributed by atoms with Gasteiger partial charge in [0.15, 0.2) is 0 Å². The molecule has 0 bridgehead atoms. The lowest BCUT2D eigenvalue weighted by Crippen LogP contribution is -2.11. The Morgan fingerprint density at radius 1 is 0.643 bits per heavy atom. The Labute approximate surface area is 91.5 Å². The van der Waals surface area contributed by atoms with Crippen molar-refractivity contribution in [2.24, 2.45) is 23.7 Å². The van der Waals surface area contributed by atoms with E-state index in [0.29, 0.717) is 0 Å². The van der Waals surface area contributed by atoms with Crippen LogP contribution in [0.1, 0.15) is 67.2 Å². The maximum absolute atomic E-state index is 2.42. The third kappa shape index (κ3) is 5.67. The minimum Gasteiger partial charge on any atom is -0.0654 e. The Morgan fingerprint density at radius 2 is 1.07 bits per heavy atom. The molecular weight excluding hydrogens is 168 g/mol. The molecule has 0 aliphatic heterocycles. The van der Waals surface area contributed by atoms with E-state index in [-0.39, 0.29) is 0 Å². The zero-order valence-corrected chi connectivity index (χ0v) is 11.1. The molecular formula is C14H30. The van der Waals surface area contributed by atoms with Crippen molar-refractivity contribution >= 4 is 0 Å². The van der Waals surface area contributed by atoms with Crippen molar-refractivity contribution in [2.45, 2.75) is 67.2 Å². The van der Waals surface area contributed by atoms with Gasteiger partial charge in [0.25, 0.3) is 0 Å². The van der Waals surface area contributed by atoms with E-state index in [4.69, 9.17) is 0 Å². The van der Waals surface area contributed by atoms with E-state index in [0.717, 1.165) is 23.7 Å². The zero-order valence-electron chi connectivity index (χ0n) is 11.1. The SMILES string of the molecule is CCCC(C)C(C)CCC(C)C(C)C. The summed E-state index contributed by atoms with van der Waals surface area (Å²) in [4.78, 5) is 0. The van der Waals surface area contributed by atoms with Gasteiger partial charge < -0.3 is 0 Å². The summed E-state index contributed by atoms with van der Waals surface area (Å²) in [5.41, 5.74) is 0. The smallest absolute Gasteiger partial charge is 0.0417 e. The highest BCUT2D eigenvalue weighted by atomic mass is 14.2. The average Bonchev–Trinajstić information content (AvgIpc) is 2.13. The molecule has 0 aromatic carbocycles. The van der Waals surface area contributed by atoms with E-state index in [2.05, 4.69) is 41.5 Å². The molecule has 0 nitrogen and oxygen atoms in total. The van der Waals surface area contributed by atoms with E-state index in [1.807, 2.05) is 0 Å². The lowest BCUT2D eigenvalue weighted by molar-refractivity contribution is 0.290. The van der Waals surface area contributed by atoms with Gasteiger partial charge in [-0.2, -0.15) is 0 Å². The van der Waals surface area contributed by atoms with Crippen molar-refractivity contribution in [3.8, 4) is 0 Å². The summed E-state index contributed by atoms with van der Waals surface area (Å²) in [6.45, 7) is 14.2. The zero-order chi connectivity index (χ0) is 11.1. The Balaban J connectivity index is 3.67. The molecule has 0 fully saturated rings. The van der Waals surface area contributed by atoms with Crippen LogP contribution in [0.4, 0.5) is 0 Å². The van der Waals surface area contributed by atoms with Crippen LogP contribution in [0.3, 0.4) is 0 Å². The van der Waals surface area contributed by atoms with Gasteiger partial charge in [0, 0.05) is 0 Å².